The van der Waals surface area contributed by atoms with Crippen molar-refractivity contribution in [1.29, 1.82) is 0 Å². The van der Waals surface area contributed by atoms with Crippen LogP contribution in [-0.4, -0.2) is 29.0 Å². The van der Waals surface area contributed by atoms with Crippen molar-refractivity contribution in [3.63, 3.8) is 0 Å². The van der Waals surface area contributed by atoms with E-state index in [0.717, 1.165) is 24.6 Å². The summed E-state index contributed by atoms with van der Waals surface area (Å²) in [6.07, 6.45) is 5.88. The molecule has 1 aromatic heterocycles. The topological polar surface area (TPSA) is 58.1 Å². The lowest BCUT2D eigenvalue weighted by Crippen LogP contribution is -2.21. The molecule has 114 valence electrons. The van der Waals surface area contributed by atoms with Crippen LogP contribution >= 0.6 is 11.6 Å². The number of nitrogens with zero attached hydrogens (tertiary/aromatic N) is 3. The first-order valence-electron chi connectivity index (χ1n) is 7.32. The van der Waals surface area contributed by atoms with Gasteiger partial charge in [0, 0.05) is 18.1 Å². The Kier molecular flexibility index (Phi) is 4.53. The Balaban J connectivity index is 1.60. The Labute approximate surface area is 134 Å². The largest absolute Gasteiger partial charge is 0.341 e. The summed E-state index contributed by atoms with van der Waals surface area (Å²) in [5.41, 5.74) is 1.40. The molecule has 2 heterocycles. The van der Waals surface area contributed by atoms with Gasteiger partial charge >= 0.3 is 0 Å². The highest BCUT2D eigenvalue weighted by Crippen LogP contribution is 2.18. The lowest BCUT2D eigenvalue weighted by atomic mass is 10.1. The molecule has 1 amide bonds. The fraction of sp³-hybridized carbons (Fsp3) is 0.312. The molecule has 22 heavy (non-hydrogen) atoms. The maximum absolute atomic E-state index is 12.0. The summed E-state index contributed by atoms with van der Waals surface area (Å²) in [5, 5.41) is 3.39. The fourth-order valence-corrected chi connectivity index (χ4v) is 2.69. The van der Waals surface area contributed by atoms with Crippen molar-refractivity contribution in [1.82, 2.24) is 9.97 Å². The number of carbonyl (C=O) groups is 1. The number of hydrogen-bond donors (Lipinski definition) is 1. The highest BCUT2D eigenvalue weighted by Gasteiger charge is 2.14. The number of benzene rings is 1. The van der Waals surface area contributed by atoms with Crippen molar-refractivity contribution < 1.29 is 4.79 Å². The van der Waals surface area contributed by atoms with E-state index in [1.807, 2.05) is 18.2 Å². The van der Waals surface area contributed by atoms with E-state index in [2.05, 4.69) is 20.2 Å². The molecule has 1 saturated heterocycles. The van der Waals surface area contributed by atoms with Crippen molar-refractivity contribution in [3.05, 3.63) is 47.2 Å². The summed E-state index contributed by atoms with van der Waals surface area (Å²) in [6, 6.07) is 7.32. The SMILES string of the molecule is O=C(Cc1ccccc1Cl)Nc1cnc(N2CCCC2)nc1. The minimum atomic E-state index is -0.134. The molecule has 0 unspecified atom stereocenters. The maximum atomic E-state index is 12.0. The van der Waals surface area contributed by atoms with Gasteiger partial charge in [-0.05, 0) is 24.5 Å². The second-order valence-electron chi connectivity index (χ2n) is 5.28. The predicted octanol–water partition coefficient (Wildman–Crippen LogP) is 2.91. The van der Waals surface area contributed by atoms with E-state index in [1.54, 1.807) is 18.5 Å². The molecule has 6 heteroatoms. The summed E-state index contributed by atoms with van der Waals surface area (Å²) < 4.78 is 0. The van der Waals surface area contributed by atoms with Gasteiger partial charge in [0.15, 0.2) is 0 Å². The first-order valence-corrected chi connectivity index (χ1v) is 7.70. The lowest BCUT2D eigenvalue weighted by molar-refractivity contribution is -0.115. The zero-order valence-corrected chi connectivity index (χ0v) is 12.9. The first kappa shape index (κ1) is 14.8. The third kappa shape index (κ3) is 3.54. The van der Waals surface area contributed by atoms with Gasteiger partial charge in [-0.15, -0.1) is 0 Å². The number of halogens is 1. The molecular formula is C16H17ClN4O. The van der Waals surface area contributed by atoms with Crippen molar-refractivity contribution in [2.45, 2.75) is 19.3 Å². The van der Waals surface area contributed by atoms with Crippen LogP contribution < -0.4 is 10.2 Å². The summed E-state index contributed by atoms with van der Waals surface area (Å²) in [6.45, 7) is 2.00. The van der Waals surface area contributed by atoms with Crippen LogP contribution in [0.2, 0.25) is 5.02 Å². The summed E-state index contributed by atoms with van der Waals surface area (Å²) in [7, 11) is 0. The standard InChI is InChI=1S/C16H17ClN4O/c17-14-6-2-1-5-12(14)9-15(22)20-13-10-18-16(19-11-13)21-7-3-4-8-21/h1-2,5-6,10-11H,3-4,7-9H2,(H,20,22). The van der Waals surface area contributed by atoms with Crippen LogP contribution in [0, 0.1) is 0 Å². The number of anilines is 2. The smallest absolute Gasteiger partial charge is 0.228 e. The molecule has 1 N–H and O–H groups in total. The minimum absolute atomic E-state index is 0.134. The van der Waals surface area contributed by atoms with E-state index in [4.69, 9.17) is 11.6 Å². The third-order valence-electron chi connectivity index (χ3n) is 3.62. The second kappa shape index (κ2) is 6.75. The molecule has 0 bridgehead atoms. The van der Waals surface area contributed by atoms with E-state index in [1.165, 1.54) is 12.8 Å². The zero-order valence-electron chi connectivity index (χ0n) is 12.1. The van der Waals surface area contributed by atoms with Crippen molar-refractivity contribution in [2.75, 3.05) is 23.3 Å². The summed E-state index contributed by atoms with van der Waals surface area (Å²) in [4.78, 5) is 22.8. The average Bonchev–Trinajstić information content (AvgIpc) is 3.05. The molecule has 0 aliphatic carbocycles. The van der Waals surface area contributed by atoms with Crippen LogP contribution in [-0.2, 0) is 11.2 Å². The number of hydrogen-bond acceptors (Lipinski definition) is 4. The number of aromatic nitrogens is 2. The molecule has 3 rings (SSSR count). The molecule has 5 nitrogen and oxygen atoms in total. The van der Waals surface area contributed by atoms with Crippen molar-refractivity contribution in [3.8, 4) is 0 Å². The molecule has 0 atom stereocenters. The van der Waals surface area contributed by atoms with Gasteiger partial charge in [-0.25, -0.2) is 9.97 Å². The van der Waals surface area contributed by atoms with Gasteiger partial charge in [0.2, 0.25) is 11.9 Å². The fourth-order valence-electron chi connectivity index (χ4n) is 2.49. The first-order chi connectivity index (χ1) is 10.7. The van der Waals surface area contributed by atoms with E-state index in [9.17, 15) is 4.79 Å². The molecule has 2 aromatic rings. The van der Waals surface area contributed by atoms with Crippen LogP contribution in [0.3, 0.4) is 0 Å². The van der Waals surface area contributed by atoms with Gasteiger partial charge in [0.25, 0.3) is 0 Å². The van der Waals surface area contributed by atoms with Gasteiger partial charge < -0.3 is 10.2 Å². The van der Waals surface area contributed by atoms with Crippen LogP contribution in [0.5, 0.6) is 0 Å². The van der Waals surface area contributed by atoms with Crippen molar-refractivity contribution in [2.24, 2.45) is 0 Å². The average molecular weight is 317 g/mol. The highest BCUT2D eigenvalue weighted by molar-refractivity contribution is 6.31. The van der Waals surface area contributed by atoms with Crippen LogP contribution in [0.15, 0.2) is 36.7 Å². The Morgan fingerprint density at radius 3 is 2.55 bits per heavy atom. The van der Waals surface area contributed by atoms with Gasteiger partial charge in [0.05, 0.1) is 24.5 Å². The lowest BCUT2D eigenvalue weighted by Gasteiger charge is -2.14. The normalized spacial score (nSPS) is 14.1. The van der Waals surface area contributed by atoms with Gasteiger partial charge in [-0.1, -0.05) is 29.8 Å². The number of nitrogens with one attached hydrogen (secondary N) is 1. The Hall–Kier alpha value is -2.14. The van der Waals surface area contributed by atoms with Crippen LogP contribution in [0.4, 0.5) is 11.6 Å². The number of amides is 1. The molecule has 1 fully saturated rings. The van der Waals surface area contributed by atoms with Crippen molar-refractivity contribution >= 4 is 29.1 Å². The molecule has 1 aromatic carbocycles. The summed E-state index contributed by atoms with van der Waals surface area (Å²) >= 11 is 6.05. The molecule has 0 saturated carbocycles. The van der Waals surface area contributed by atoms with E-state index < -0.39 is 0 Å². The molecule has 1 aliphatic rings. The van der Waals surface area contributed by atoms with Crippen LogP contribution in [0.1, 0.15) is 18.4 Å². The quantitative estimate of drug-likeness (QED) is 0.942. The highest BCUT2D eigenvalue weighted by atomic mass is 35.5. The van der Waals surface area contributed by atoms with E-state index in [0.29, 0.717) is 10.7 Å². The maximum Gasteiger partial charge on any atom is 0.228 e. The molecule has 1 aliphatic heterocycles. The summed E-state index contributed by atoms with van der Waals surface area (Å²) in [5.74, 6) is 0.590. The second-order valence-corrected chi connectivity index (χ2v) is 5.69. The Bertz CT molecular complexity index is 653. The minimum Gasteiger partial charge on any atom is -0.341 e. The molecular weight excluding hydrogens is 300 g/mol. The Morgan fingerprint density at radius 2 is 1.86 bits per heavy atom. The zero-order chi connectivity index (χ0) is 15.4. The third-order valence-corrected chi connectivity index (χ3v) is 3.99. The molecule has 0 radical (unpaired) electrons. The van der Waals surface area contributed by atoms with Crippen LogP contribution in [0.25, 0.3) is 0 Å². The number of carbonyl (C=O) groups excluding carboxylic acids is 1. The predicted molar refractivity (Wildman–Crippen MR) is 87.3 cm³/mol. The number of rotatable bonds is 4. The van der Waals surface area contributed by atoms with Gasteiger partial charge in [-0.2, -0.15) is 0 Å². The van der Waals surface area contributed by atoms with E-state index >= 15 is 0 Å². The molecule has 0 spiro atoms. The Morgan fingerprint density at radius 1 is 1.18 bits per heavy atom. The van der Waals surface area contributed by atoms with Gasteiger partial charge in [0.1, 0.15) is 0 Å². The monoisotopic (exact) mass is 316 g/mol. The van der Waals surface area contributed by atoms with Gasteiger partial charge in [-0.3, -0.25) is 4.79 Å². The van der Waals surface area contributed by atoms with E-state index in [-0.39, 0.29) is 12.3 Å².